The van der Waals surface area contributed by atoms with Crippen molar-refractivity contribution in [3.63, 3.8) is 0 Å². The van der Waals surface area contributed by atoms with Gasteiger partial charge in [0.2, 0.25) is 5.91 Å². The van der Waals surface area contributed by atoms with Gasteiger partial charge in [-0.3, -0.25) is 4.79 Å². The van der Waals surface area contributed by atoms with Gasteiger partial charge in [0.05, 0.1) is 32.5 Å². The highest BCUT2D eigenvalue weighted by molar-refractivity contribution is 5.78. The molecule has 0 aromatic rings. The molecule has 1 unspecified atom stereocenters. The van der Waals surface area contributed by atoms with Crippen LogP contribution in [0.15, 0.2) is 0 Å². The summed E-state index contributed by atoms with van der Waals surface area (Å²) in [5, 5.41) is 3.15. The van der Waals surface area contributed by atoms with E-state index in [9.17, 15) is 4.79 Å². The van der Waals surface area contributed by atoms with Crippen molar-refractivity contribution >= 4 is 5.91 Å². The number of carbonyl (C=O) groups excluding carboxylic acids is 1. The number of carbonyl (C=O) groups is 1. The summed E-state index contributed by atoms with van der Waals surface area (Å²) in [5.41, 5.74) is 0. The summed E-state index contributed by atoms with van der Waals surface area (Å²) in [6.07, 6.45) is 0.0824. The smallest absolute Gasteiger partial charge is 0.236 e. The van der Waals surface area contributed by atoms with Gasteiger partial charge in [0.25, 0.3) is 0 Å². The zero-order valence-corrected chi connectivity index (χ0v) is 11.1. The summed E-state index contributed by atoms with van der Waals surface area (Å²) in [6, 6.07) is 0. The van der Waals surface area contributed by atoms with Crippen LogP contribution in [0.5, 0.6) is 0 Å². The van der Waals surface area contributed by atoms with Gasteiger partial charge in [0.1, 0.15) is 0 Å². The van der Waals surface area contributed by atoms with E-state index in [2.05, 4.69) is 17.3 Å². The van der Waals surface area contributed by atoms with Crippen LogP contribution in [0.2, 0.25) is 0 Å². The largest absolute Gasteiger partial charge is 0.376 e. The number of nitrogens with zero attached hydrogens (tertiary/aromatic N) is 2. The quantitative estimate of drug-likeness (QED) is 0.683. The molecule has 0 aromatic carbocycles. The topological polar surface area (TPSA) is 54.0 Å². The van der Waals surface area contributed by atoms with Crippen molar-refractivity contribution in [2.75, 3.05) is 66.1 Å². The Bertz CT molecular complexity index is 261. The fourth-order valence-electron chi connectivity index (χ4n) is 2.16. The summed E-state index contributed by atoms with van der Waals surface area (Å²) in [5.74, 6) is 0.180. The maximum Gasteiger partial charge on any atom is 0.236 e. The molecule has 6 nitrogen and oxygen atoms in total. The third-order valence-electron chi connectivity index (χ3n) is 3.39. The predicted molar refractivity (Wildman–Crippen MR) is 67.5 cm³/mol. The minimum Gasteiger partial charge on any atom is -0.376 e. The van der Waals surface area contributed by atoms with Crippen LogP contribution in [0.25, 0.3) is 0 Å². The Morgan fingerprint density at radius 3 is 2.72 bits per heavy atom. The second-order valence-corrected chi connectivity index (χ2v) is 4.88. The number of piperazine rings is 1. The molecule has 18 heavy (non-hydrogen) atoms. The molecule has 1 atom stereocenters. The first-order valence-corrected chi connectivity index (χ1v) is 6.62. The lowest BCUT2D eigenvalue weighted by atomic mass is 10.3. The third-order valence-corrected chi connectivity index (χ3v) is 3.39. The standard InChI is InChI=1S/C12H23N3O3/c1-14-2-4-15(5-3-14)12(16)9-13-8-11-10-17-6-7-18-11/h11,13H,2-10H2,1H3. The first-order chi connectivity index (χ1) is 8.75. The van der Waals surface area contributed by atoms with Gasteiger partial charge >= 0.3 is 0 Å². The van der Waals surface area contributed by atoms with Crippen LogP contribution < -0.4 is 5.32 Å². The molecule has 2 rings (SSSR count). The molecule has 1 N–H and O–H groups in total. The fourth-order valence-corrected chi connectivity index (χ4v) is 2.16. The van der Waals surface area contributed by atoms with Crippen molar-refractivity contribution in [3.05, 3.63) is 0 Å². The zero-order valence-electron chi connectivity index (χ0n) is 11.1. The van der Waals surface area contributed by atoms with Crippen LogP contribution in [0.3, 0.4) is 0 Å². The highest BCUT2D eigenvalue weighted by Gasteiger charge is 2.19. The van der Waals surface area contributed by atoms with Crippen LogP contribution in [-0.2, 0) is 14.3 Å². The Morgan fingerprint density at radius 2 is 2.06 bits per heavy atom. The van der Waals surface area contributed by atoms with Gasteiger partial charge < -0.3 is 24.6 Å². The molecule has 0 aliphatic carbocycles. The van der Waals surface area contributed by atoms with E-state index in [1.54, 1.807) is 0 Å². The highest BCUT2D eigenvalue weighted by atomic mass is 16.6. The Morgan fingerprint density at radius 1 is 1.28 bits per heavy atom. The van der Waals surface area contributed by atoms with Crippen molar-refractivity contribution in [2.45, 2.75) is 6.10 Å². The van der Waals surface area contributed by atoms with Gasteiger partial charge in [-0.25, -0.2) is 0 Å². The Hall–Kier alpha value is -0.690. The van der Waals surface area contributed by atoms with E-state index in [0.717, 1.165) is 26.2 Å². The van der Waals surface area contributed by atoms with Gasteiger partial charge in [-0.2, -0.15) is 0 Å². The Balaban J connectivity index is 1.59. The second kappa shape index (κ2) is 7.04. The number of hydrogen-bond acceptors (Lipinski definition) is 5. The summed E-state index contributed by atoms with van der Waals surface area (Å²) in [7, 11) is 2.08. The first kappa shape index (κ1) is 13.7. The first-order valence-electron chi connectivity index (χ1n) is 6.62. The van der Waals surface area contributed by atoms with E-state index >= 15 is 0 Å². The monoisotopic (exact) mass is 257 g/mol. The van der Waals surface area contributed by atoms with Crippen LogP contribution in [-0.4, -0.2) is 87.9 Å². The number of nitrogens with one attached hydrogen (secondary N) is 1. The number of hydrogen-bond donors (Lipinski definition) is 1. The summed E-state index contributed by atoms with van der Waals surface area (Å²) in [6.45, 7) is 6.62. The molecule has 2 saturated heterocycles. The number of amides is 1. The van der Waals surface area contributed by atoms with Crippen LogP contribution in [0.4, 0.5) is 0 Å². The molecular formula is C12H23N3O3. The molecule has 2 aliphatic rings. The summed E-state index contributed by atoms with van der Waals surface area (Å²) < 4.78 is 10.8. The fraction of sp³-hybridized carbons (Fsp3) is 0.917. The predicted octanol–water partition coefficient (Wildman–Crippen LogP) is -1.23. The van der Waals surface area contributed by atoms with Gasteiger partial charge in [-0.05, 0) is 7.05 Å². The Labute approximate surface area is 108 Å². The molecule has 0 bridgehead atoms. The molecule has 104 valence electrons. The summed E-state index contributed by atoms with van der Waals surface area (Å²) in [4.78, 5) is 16.1. The maximum absolute atomic E-state index is 11.9. The second-order valence-electron chi connectivity index (χ2n) is 4.88. The third kappa shape index (κ3) is 4.20. The van der Waals surface area contributed by atoms with Crippen LogP contribution >= 0.6 is 0 Å². The number of ether oxygens (including phenoxy) is 2. The average Bonchev–Trinajstić information content (AvgIpc) is 2.40. The molecule has 1 amide bonds. The van der Waals surface area contributed by atoms with Crippen molar-refractivity contribution in [1.29, 1.82) is 0 Å². The maximum atomic E-state index is 11.9. The van der Waals surface area contributed by atoms with Crippen molar-refractivity contribution in [3.8, 4) is 0 Å². The molecule has 2 fully saturated rings. The van der Waals surface area contributed by atoms with E-state index in [1.807, 2.05) is 4.90 Å². The molecule has 0 aromatic heterocycles. The van der Waals surface area contributed by atoms with E-state index < -0.39 is 0 Å². The molecule has 0 radical (unpaired) electrons. The molecule has 0 saturated carbocycles. The minimum absolute atomic E-state index is 0.0824. The van der Waals surface area contributed by atoms with Crippen LogP contribution in [0, 0.1) is 0 Å². The highest BCUT2D eigenvalue weighted by Crippen LogP contribution is 2.00. The SMILES string of the molecule is CN1CCN(C(=O)CNCC2COCCO2)CC1. The van der Waals surface area contributed by atoms with E-state index in [4.69, 9.17) is 9.47 Å². The minimum atomic E-state index is 0.0824. The van der Waals surface area contributed by atoms with Gasteiger partial charge in [0.15, 0.2) is 0 Å². The number of rotatable bonds is 4. The Kier molecular flexibility index (Phi) is 5.37. The van der Waals surface area contributed by atoms with Gasteiger partial charge in [-0.1, -0.05) is 0 Å². The van der Waals surface area contributed by atoms with E-state index in [1.165, 1.54) is 0 Å². The molecule has 2 heterocycles. The van der Waals surface area contributed by atoms with E-state index in [0.29, 0.717) is 32.9 Å². The lowest BCUT2D eigenvalue weighted by molar-refractivity contribution is -0.132. The molecular weight excluding hydrogens is 234 g/mol. The molecule has 0 spiro atoms. The van der Waals surface area contributed by atoms with Gasteiger partial charge in [0, 0.05) is 32.7 Å². The lowest BCUT2D eigenvalue weighted by Gasteiger charge is -2.32. The molecule has 2 aliphatic heterocycles. The lowest BCUT2D eigenvalue weighted by Crippen LogP contribution is -2.50. The van der Waals surface area contributed by atoms with Crippen molar-refractivity contribution < 1.29 is 14.3 Å². The van der Waals surface area contributed by atoms with Crippen LogP contribution in [0.1, 0.15) is 0 Å². The average molecular weight is 257 g/mol. The van der Waals surface area contributed by atoms with Crippen molar-refractivity contribution in [1.82, 2.24) is 15.1 Å². The number of likely N-dealkylation sites (N-methyl/N-ethyl adjacent to an activating group) is 1. The molecule has 6 heteroatoms. The zero-order chi connectivity index (χ0) is 12.8. The van der Waals surface area contributed by atoms with Gasteiger partial charge in [-0.15, -0.1) is 0 Å². The normalized spacial score (nSPS) is 26.3. The van der Waals surface area contributed by atoms with E-state index in [-0.39, 0.29) is 12.0 Å². The summed E-state index contributed by atoms with van der Waals surface area (Å²) >= 11 is 0. The van der Waals surface area contributed by atoms with Crippen molar-refractivity contribution in [2.24, 2.45) is 0 Å².